The second-order valence-corrected chi connectivity index (χ2v) is 3.72. The molecule has 1 heterocycles. The van der Waals surface area contributed by atoms with E-state index < -0.39 is 0 Å². The van der Waals surface area contributed by atoms with Gasteiger partial charge in [-0.1, -0.05) is 17.2 Å². The van der Waals surface area contributed by atoms with Gasteiger partial charge in [-0.2, -0.15) is 4.98 Å². The summed E-state index contributed by atoms with van der Waals surface area (Å²) < 4.78 is 5.52. The van der Waals surface area contributed by atoms with Gasteiger partial charge in [0.15, 0.2) is 0 Å². The normalized spacial score (nSPS) is 10.3. The predicted molar refractivity (Wildman–Crippen MR) is 63.7 cm³/mol. The molecule has 2 aromatic rings. The third kappa shape index (κ3) is 2.76. The third-order valence-corrected chi connectivity index (χ3v) is 2.42. The minimum atomic E-state index is 0.252. The second kappa shape index (κ2) is 4.88. The smallest absolute Gasteiger partial charge is 0.341 e. The van der Waals surface area contributed by atoms with Gasteiger partial charge in [0.1, 0.15) is 5.75 Å². The number of ether oxygens (including phenoxy) is 1. The Kier molecular flexibility index (Phi) is 3.30. The van der Waals surface area contributed by atoms with Crippen LogP contribution in [0.25, 0.3) is 0 Å². The molecule has 0 saturated heterocycles. The van der Waals surface area contributed by atoms with E-state index in [9.17, 15) is 0 Å². The first-order valence-corrected chi connectivity index (χ1v) is 5.34. The molecule has 0 radical (unpaired) electrons. The average molecular weight is 230 g/mol. The average Bonchev–Trinajstić information content (AvgIpc) is 2.34. The van der Waals surface area contributed by atoms with Crippen LogP contribution >= 0.6 is 0 Å². The minimum absolute atomic E-state index is 0.252. The van der Waals surface area contributed by atoms with Crippen LogP contribution in [0.15, 0.2) is 24.3 Å². The third-order valence-electron chi connectivity index (χ3n) is 2.42. The number of hydrogen-bond donors (Lipinski definition) is 1. The summed E-state index contributed by atoms with van der Waals surface area (Å²) in [6.07, 6.45) is 0. The maximum atomic E-state index is 5.56. The summed E-state index contributed by atoms with van der Waals surface area (Å²) in [5.74, 6) is 0.665. The van der Waals surface area contributed by atoms with E-state index in [1.54, 1.807) is 0 Å². The van der Waals surface area contributed by atoms with Gasteiger partial charge >= 0.3 is 6.01 Å². The zero-order valence-corrected chi connectivity index (χ0v) is 9.84. The molecule has 0 aliphatic heterocycles. The number of hydrogen-bond acceptors (Lipinski definition) is 5. The number of nitrogens with two attached hydrogens (primary N) is 1. The van der Waals surface area contributed by atoms with E-state index in [0.717, 1.165) is 17.0 Å². The first kappa shape index (κ1) is 11.5. The Balaban J connectivity index is 2.22. The summed E-state index contributed by atoms with van der Waals surface area (Å²) >= 11 is 0. The molecule has 0 fully saturated rings. The van der Waals surface area contributed by atoms with Crippen molar-refractivity contribution in [3.05, 3.63) is 41.2 Å². The van der Waals surface area contributed by atoms with Crippen molar-refractivity contribution in [1.82, 2.24) is 15.2 Å². The Labute approximate surface area is 99.7 Å². The lowest BCUT2D eigenvalue weighted by molar-refractivity contribution is 0.429. The molecule has 0 bridgehead atoms. The zero-order chi connectivity index (χ0) is 12.3. The SMILES string of the molecule is Cc1nnc(Oc2cccc(CN)c2)nc1C. The lowest BCUT2D eigenvalue weighted by atomic mass is 10.2. The van der Waals surface area contributed by atoms with Crippen LogP contribution in [-0.2, 0) is 6.54 Å². The van der Waals surface area contributed by atoms with Crippen LogP contribution in [-0.4, -0.2) is 15.2 Å². The van der Waals surface area contributed by atoms with E-state index >= 15 is 0 Å². The van der Waals surface area contributed by atoms with Gasteiger partial charge in [0.05, 0.1) is 11.4 Å². The van der Waals surface area contributed by atoms with Crippen molar-refractivity contribution in [2.45, 2.75) is 20.4 Å². The fourth-order valence-electron chi connectivity index (χ4n) is 1.32. The number of rotatable bonds is 3. The number of nitrogens with zero attached hydrogens (tertiary/aromatic N) is 3. The molecular weight excluding hydrogens is 216 g/mol. The number of aryl methyl sites for hydroxylation is 2. The summed E-state index contributed by atoms with van der Waals surface area (Å²) in [7, 11) is 0. The van der Waals surface area contributed by atoms with E-state index in [0.29, 0.717) is 12.3 Å². The molecule has 2 N–H and O–H groups in total. The Morgan fingerprint density at radius 1 is 1.18 bits per heavy atom. The van der Waals surface area contributed by atoms with E-state index in [2.05, 4.69) is 15.2 Å². The maximum absolute atomic E-state index is 5.56. The van der Waals surface area contributed by atoms with Gasteiger partial charge in [0.2, 0.25) is 0 Å². The molecule has 5 heteroatoms. The van der Waals surface area contributed by atoms with Crippen LogP contribution in [0.4, 0.5) is 0 Å². The van der Waals surface area contributed by atoms with Crippen molar-refractivity contribution in [3.63, 3.8) is 0 Å². The van der Waals surface area contributed by atoms with Crippen molar-refractivity contribution in [2.24, 2.45) is 5.73 Å². The van der Waals surface area contributed by atoms with Crippen molar-refractivity contribution < 1.29 is 4.74 Å². The largest absolute Gasteiger partial charge is 0.423 e. The van der Waals surface area contributed by atoms with Gasteiger partial charge in [0.25, 0.3) is 0 Å². The zero-order valence-electron chi connectivity index (χ0n) is 9.84. The summed E-state index contributed by atoms with van der Waals surface area (Å²) in [6.45, 7) is 4.20. The van der Waals surface area contributed by atoms with Crippen LogP contribution in [0, 0.1) is 13.8 Å². The molecule has 17 heavy (non-hydrogen) atoms. The van der Waals surface area contributed by atoms with Gasteiger partial charge in [-0.3, -0.25) is 0 Å². The number of benzene rings is 1. The van der Waals surface area contributed by atoms with Gasteiger partial charge in [-0.05, 0) is 31.5 Å². The Morgan fingerprint density at radius 2 is 2.00 bits per heavy atom. The Bertz CT molecular complexity index is 528. The van der Waals surface area contributed by atoms with E-state index in [1.807, 2.05) is 38.1 Å². The van der Waals surface area contributed by atoms with Crippen molar-refractivity contribution in [3.8, 4) is 11.8 Å². The molecule has 0 aliphatic rings. The van der Waals surface area contributed by atoms with Crippen molar-refractivity contribution >= 4 is 0 Å². The van der Waals surface area contributed by atoms with E-state index in [-0.39, 0.29) is 6.01 Å². The van der Waals surface area contributed by atoms with Gasteiger partial charge in [-0.25, -0.2) is 0 Å². The van der Waals surface area contributed by atoms with Crippen LogP contribution < -0.4 is 10.5 Å². The highest BCUT2D eigenvalue weighted by Crippen LogP contribution is 2.18. The van der Waals surface area contributed by atoms with Gasteiger partial charge in [0, 0.05) is 6.54 Å². The van der Waals surface area contributed by atoms with Crippen LogP contribution in [0.5, 0.6) is 11.8 Å². The predicted octanol–water partition coefficient (Wildman–Crippen LogP) is 1.74. The topological polar surface area (TPSA) is 73.9 Å². The summed E-state index contributed by atoms with van der Waals surface area (Å²) in [4.78, 5) is 4.20. The lowest BCUT2D eigenvalue weighted by Gasteiger charge is -2.05. The van der Waals surface area contributed by atoms with Gasteiger partial charge < -0.3 is 10.5 Å². The molecule has 0 spiro atoms. The highest BCUT2D eigenvalue weighted by atomic mass is 16.5. The fourth-order valence-corrected chi connectivity index (χ4v) is 1.32. The first-order valence-electron chi connectivity index (χ1n) is 5.34. The molecule has 0 aliphatic carbocycles. The quantitative estimate of drug-likeness (QED) is 0.869. The molecule has 88 valence electrons. The summed E-state index contributed by atoms with van der Waals surface area (Å²) in [5.41, 5.74) is 8.17. The molecule has 0 amide bonds. The molecule has 1 aromatic heterocycles. The Morgan fingerprint density at radius 3 is 2.71 bits per heavy atom. The lowest BCUT2D eigenvalue weighted by Crippen LogP contribution is -2.00. The highest BCUT2D eigenvalue weighted by Gasteiger charge is 2.04. The molecule has 2 rings (SSSR count). The second-order valence-electron chi connectivity index (χ2n) is 3.72. The molecular formula is C12H14N4O. The molecule has 5 nitrogen and oxygen atoms in total. The molecule has 1 aromatic carbocycles. The van der Waals surface area contributed by atoms with Crippen LogP contribution in [0.2, 0.25) is 0 Å². The minimum Gasteiger partial charge on any atom is -0.423 e. The monoisotopic (exact) mass is 230 g/mol. The van der Waals surface area contributed by atoms with E-state index in [1.165, 1.54) is 0 Å². The van der Waals surface area contributed by atoms with Crippen molar-refractivity contribution in [2.75, 3.05) is 0 Å². The fraction of sp³-hybridized carbons (Fsp3) is 0.250. The maximum Gasteiger partial charge on any atom is 0.341 e. The number of aromatic nitrogens is 3. The molecule has 0 saturated carbocycles. The molecule has 0 atom stereocenters. The summed E-state index contributed by atoms with van der Waals surface area (Å²) in [6, 6.07) is 7.76. The Hall–Kier alpha value is -2.01. The van der Waals surface area contributed by atoms with Crippen molar-refractivity contribution in [1.29, 1.82) is 0 Å². The first-order chi connectivity index (χ1) is 8.19. The highest BCUT2D eigenvalue weighted by molar-refractivity contribution is 5.30. The summed E-state index contributed by atoms with van der Waals surface area (Å²) in [5, 5.41) is 7.83. The van der Waals surface area contributed by atoms with Crippen LogP contribution in [0.3, 0.4) is 0 Å². The molecule has 0 unspecified atom stereocenters. The van der Waals surface area contributed by atoms with Crippen LogP contribution in [0.1, 0.15) is 17.0 Å². The van der Waals surface area contributed by atoms with E-state index in [4.69, 9.17) is 10.5 Å². The standard InChI is InChI=1S/C12H14N4O/c1-8-9(2)15-16-12(14-8)17-11-5-3-4-10(6-11)7-13/h3-6H,7,13H2,1-2H3. The van der Waals surface area contributed by atoms with Gasteiger partial charge in [-0.15, -0.1) is 5.10 Å².